The van der Waals surface area contributed by atoms with Gasteiger partial charge in [0.25, 0.3) is 0 Å². The maximum absolute atomic E-state index is 11.8. The molecule has 0 amide bonds. The van der Waals surface area contributed by atoms with Crippen molar-refractivity contribution < 1.29 is 9.53 Å². The van der Waals surface area contributed by atoms with E-state index in [-0.39, 0.29) is 12.6 Å². The maximum atomic E-state index is 11.8. The van der Waals surface area contributed by atoms with E-state index in [2.05, 4.69) is 30.9 Å². The molecule has 3 nitrogen and oxygen atoms in total. The van der Waals surface area contributed by atoms with E-state index >= 15 is 0 Å². The van der Waals surface area contributed by atoms with Crippen LogP contribution in [-0.2, 0) is 22.7 Å². The van der Waals surface area contributed by atoms with Crippen LogP contribution < -0.4 is 0 Å². The minimum atomic E-state index is -0.359. The van der Waals surface area contributed by atoms with Gasteiger partial charge in [0.15, 0.2) is 0 Å². The zero-order valence-corrected chi connectivity index (χ0v) is 15.5. The normalized spacial score (nSPS) is 11.2. The molecule has 0 aliphatic rings. The second-order valence-electron chi connectivity index (χ2n) is 5.77. The molecule has 0 saturated heterocycles. The highest BCUT2D eigenvalue weighted by atomic mass is 35.5. The van der Waals surface area contributed by atoms with Crippen LogP contribution in [-0.4, -0.2) is 24.0 Å². The highest BCUT2D eigenvalue weighted by Crippen LogP contribution is 2.11. The Kier molecular flexibility index (Phi) is 7.71. The van der Waals surface area contributed by atoms with Gasteiger partial charge in [0.2, 0.25) is 0 Å². The topological polar surface area (TPSA) is 29.5 Å². The average Bonchev–Trinajstić information content (AvgIpc) is 2.65. The molecule has 0 N–H and O–H groups in total. The van der Waals surface area contributed by atoms with Gasteiger partial charge in [-0.05, 0) is 48.0 Å². The first-order chi connectivity index (χ1) is 12.1. The van der Waals surface area contributed by atoms with Crippen LogP contribution in [0.15, 0.2) is 54.6 Å². The minimum absolute atomic E-state index is 0.273. The van der Waals surface area contributed by atoms with Crippen molar-refractivity contribution >= 4 is 23.6 Å². The lowest BCUT2D eigenvalue weighted by Gasteiger charge is -2.18. The highest BCUT2D eigenvalue weighted by molar-refractivity contribution is 6.30. The van der Waals surface area contributed by atoms with Crippen molar-refractivity contribution in [1.82, 2.24) is 4.90 Å². The first kappa shape index (κ1) is 19.2. The van der Waals surface area contributed by atoms with Gasteiger partial charge in [0, 0.05) is 17.6 Å². The molecule has 0 fully saturated rings. The van der Waals surface area contributed by atoms with Crippen LogP contribution in [0, 0.1) is 0 Å². The molecule has 132 valence electrons. The second-order valence-corrected chi connectivity index (χ2v) is 6.21. The summed E-state index contributed by atoms with van der Waals surface area (Å²) in [6.07, 6.45) is 3.14. The number of carbonyl (C=O) groups excluding carboxylic acids is 1. The number of carbonyl (C=O) groups is 1. The molecule has 25 heavy (non-hydrogen) atoms. The van der Waals surface area contributed by atoms with E-state index in [9.17, 15) is 4.79 Å². The van der Waals surface area contributed by atoms with Gasteiger partial charge in [0.1, 0.15) is 6.61 Å². The molecule has 0 saturated carbocycles. The summed E-state index contributed by atoms with van der Waals surface area (Å²) in [6, 6.07) is 15.5. The van der Waals surface area contributed by atoms with Crippen LogP contribution in [0.1, 0.15) is 30.5 Å². The van der Waals surface area contributed by atoms with Gasteiger partial charge < -0.3 is 4.74 Å². The van der Waals surface area contributed by atoms with Gasteiger partial charge in [-0.15, -0.1) is 0 Å². The summed E-state index contributed by atoms with van der Waals surface area (Å²) in [4.78, 5) is 14.2. The molecule has 0 radical (unpaired) electrons. The van der Waals surface area contributed by atoms with E-state index in [0.29, 0.717) is 5.02 Å². The molecule has 2 aromatic carbocycles. The SMILES string of the molecule is CCN(CC)Cc1ccc(COC(=O)/C=C/c2ccc(Cl)cc2)cc1. The third kappa shape index (κ3) is 6.73. The standard InChI is InChI=1S/C21H24ClNO2/c1-3-23(4-2)15-18-5-7-19(8-6-18)16-25-21(24)14-11-17-9-12-20(22)13-10-17/h5-14H,3-4,15-16H2,1-2H3/b14-11+. The van der Waals surface area contributed by atoms with Crippen LogP contribution in [0.4, 0.5) is 0 Å². The summed E-state index contributed by atoms with van der Waals surface area (Å²) in [5.74, 6) is -0.359. The number of halogens is 1. The number of esters is 1. The number of hydrogen-bond donors (Lipinski definition) is 0. The van der Waals surface area contributed by atoms with Crippen LogP contribution in [0.3, 0.4) is 0 Å². The fraction of sp³-hybridized carbons (Fsp3) is 0.286. The summed E-state index contributed by atoms with van der Waals surface area (Å²) in [5, 5.41) is 0.671. The molecule has 2 aromatic rings. The number of rotatable bonds is 8. The van der Waals surface area contributed by atoms with Gasteiger partial charge in [-0.25, -0.2) is 4.79 Å². The fourth-order valence-corrected chi connectivity index (χ4v) is 2.51. The van der Waals surface area contributed by atoms with Crippen molar-refractivity contribution in [3.63, 3.8) is 0 Å². The molecule has 0 aromatic heterocycles. The Morgan fingerprint density at radius 1 is 1.00 bits per heavy atom. The van der Waals surface area contributed by atoms with Gasteiger partial charge >= 0.3 is 5.97 Å². The Morgan fingerprint density at radius 2 is 1.60 bits per heavy atom. The molecule has 4 heteroatoms. The summed E-state index contributed by atoms with van der Waals surface area (Å²) in [5.41, 5.74) is 3.15. The minimum Gasteiger partial charge on any atom is -0.458 e. The first-order valence-corrected chi connectivity index (χ1v) is 8.89. The lowest BCUT2D eigenvalue weighted by molar-refractivity contribution is -0.138. The number of hydrogen-bond acceptors (Lipinski definition) is 3. The average molecular weight is 358 g/mol. The maximum Gasteiger partial charge on any atom is 0.331 e. The van der Waals surface area contributed by atoms with E-state index in [1.165, 1.54) is 11.6 Å². The highest BCUT2D eigenvalue weighted by Gasteiger charge is 2.03. The Hall–Kier alpha value is -2.10. The predicted molar refractivity (Wildman–Crippen MR) is 103 cm³/mol. The van der Waals surface area contributed by atoms with E-state index in [1.807, 2.05) is 24.3 Å². The largest absolute Gasteiger partial charge is 0.458 e. The summed E-state index contributed by atoms with van der Waals surface area (Å²) >= 11 is 5.83. The zero-order chi connectivity index (χ0) is 18.1. The van der Waals surface area contributed by atoms with Gasteiger partial charge in [-0.3, -0.25) is 4.90 Å². The monoisotopic (exact) mass is 357 g/mol. The molecule has 0 atom stereocenters. The third-order valence-corrected chi connectivity index (χ3v) is 4.24. The summed E-state index contributed by atoms with van der Waals surface area (Å²) in [6.45, 7) is 7.61. The zero-order valence-electron chi connectivity index (χ0n) is 14.7. The molecule has 0 spiro atoms. The number of benzene rings is 2. The Labute approximate surface area is 154 Å². The summed E-state index contributed by atoms with van der Waals surface area (Å²) < 4.78 is 5.27. The molecule has 0 aliphatic heterocycles. The Balaban J connectivity index is 1.82. The smallest absolute Gasteiger partial charge is 0.331 e. The molecular weight excluding hydrogens is 334 g/mol. The quantitative estimate of drug-likeness (QED) is 0.495. The van der Waals surface area contributed by atoms with Crippen LogP contribution in [0.2, 0.25) is 5.02 Å². The van der Waals surface area contributed by atoms with Gasteiger partial charge in [-0.2, -0.15) is 0 Å². The van der Waals surface area contributed by atoms with E-state index in [1.54, 1.807) is 18.2 Å². The third-order valence-electron chi connectivity index (χ3n) is 3.99. The van der Waals surface area contributed by atoms with Gasteiger partial charge in [0.05, 0.1) is 0 Å². The molecular formula is C21H24ClNO2. The molecule has 0 unspecified atom stereocenters. The number of nitrogens with zero attached hydrogens (tertiary/aromatic N) is 1. The van der Waals surface area contributed by atoms with E-state index in [4.69, 9.17) is 16.3 Å². The Morgan fingerprint density at radius 3 is 2.20 bits per heavy atom. The van der Waals surface area contributed by atoms with Crippen LogP contribution in [0.5, 0.6) is 0 Å². The van der Waals surface area contributed by atoms with Crippen LogP contribution >= 0.6 is 11.6 Å². The van der Waals surface area contributed by atoms with Crippen molar-refractivity contribution in [2.24, 2.45) is 0 Å². The van der Waals surface area contributed by atoms with Crippen molar-refractivity contribution in [3.05, 3.63) is 76.3 Å². The summed E-state index contributed by atoms with van der Waals surface area (Å²) in [7, 11) is 0. The van der Waals surface area contributed by atoms with Crippen molar-refractivity contribution in [2.45, 2.75) is 27.0 Å². The molecule has 0 heterocycles. The van der Waals surface area contributed by atoms with Crippen molar-refractivity contribution in [3.8, 4) is 0 Å². The molecule has 0 bridgehead atoms. The van der Waals surface area contributed by atoms with Crippen molar-refractivity contribution in [2.75, 3.05) is 13.1 Å². The lowest BCUT2D eigenvalue weighted by atomic mass is 10.1. The van der Waals surface area contributed by atoms with E-state index < -0.39 is 0 Å². The van der Waals surface area contributed by atoms with Crippen molar-refractivity contribution in [1.29, 1.82) is 0 Å². The Bertz CT molecular complexity index is 689. The van der Waals surface area contributed by atoms with Gasteiger partial charge in [-0.1, -0.05) is 61.8 Å². The fourth-order valence-electron chi connectivity index (χ4n) is 2.39. The molecule has 0 aliphatic carbocycles. The van der Waals surface area contributed by atoms with Crippen LogP contribution in [0.25, 0.3) is 6.08 Å². The number of ether oxygens (including phenoxy) is 1. The predicted octanol–water partition coefficient (Wildman–Crippen LogP) is 4.94. The molecule has 2 rings (SSSR count). The van der Waals surface area contributed by atoms with E-state index in [0.717, 1.165) is 30.8 Å². The lowest BCUT2D eigenvalue weighted by Crippen LogP contribution is -2.22. The first-order valence-electron chi connectivity index (χ1n) is 8.51. The second kappa shape index (κ2) is 10.0.